The van der Waals surface area contributed by atoms with Gasteiger partial charge >= 0.3 is 0 Å². The van der Waals surface area contributed by atoms with Crippen molar-refractivity contribution in [1.82, 2.24) is 0 Å². The molecule has 0 nitrogen and oxygen atoms in total. The van der Waals surface area contributed by atoms with Crippen LogP contribution in [0.5, 0.6) is 0 Å². The van der Waals surface area contributed by atoms with Crippen molar-refractivity contribution in [2.24, 2.45) is 0 Å². The number of halogens is 3. The summed E-state index contributed by atoms with van der Waals surface area (Å²) < 4.78 is 38.6. The standard InChI is InChI=1S/C14H11F3/c15-9-14(10-1-5-12(16)6-2-10)11-3-7-13(17)8-4-11/h1-8,14H,9H2. The Morgan fingerprint density at radius 1 is 0.706 bits per heavy atom. The zero-order chi connectivity index (χ0) is 12.3. The molecule has 2 rings (SSSR count). The lowest BCUT2D eigenvalue weighted by Gasteiger charge is -2.14. The van der Waals surface area contributed by atoms with Gasteiger partial charge in [0.1, 0.15) is 18.3 Å². The zero-order valence-corrected chi connectivity index (χ0v) is 9.04. The molecule has 0 aliphatic rings. The fourth-order valence-electron chi connectivity index (χ4n) is 1.76. The molecule has 0 aliphatic carbocycles. The lowest BCUT2D eigenvalue weighted by Crippen LogP contribution is -2.03. The molecule has 3 heteroatoms. The van der Waals surface area contributed by atoms with Gasteiger partial charge in [-0.15, -0.1) is 0 Å². The molecule has 2 aromatic rings. The first-order valence-electron chi connectivity index (χ1n) is 5.27. The molecule has 88 valence electrons. The molecule has 0 bridgehead atoms. The van der Waals surface area contributed by atoms with Gasteiger partial charge in [-0.2, -0.15) is 0 Å². The summed E-state index contributed by atoms with van der Waals surface area (Å²) in [6.45, 7) is -0.600. The van der Waals surface area contributed by atoms with E-state index < -0.39 is 12.6 Å². The molecular formula is C14H11F3. The van der Waals surface area contributed by atoms with E-state index in [2.05, 4.69) is 0 Å². The molecule has 0 N–H and O–H groups in total. The maximum absolute atomic E-state index is 13.0. The lowest BCUT2D eigenvalue weighted by atomic mass is 9.92. The largest absolute Gasteiger partial charge is 0.250 e. The second-order valence-electron chi connectivity index (χ2n) is 3.81. The van der Waals surface area contributed by atoms with Gasteiger partial charge in [0.25, 0.3) is 0 Å². The Kier molecular flexibility index (Phi) is 3.47. The second-order valence-corrected chi connectivity index (χ2v) is 3.81. The van der Waals surface area contributed by atoms with Gasteiger partial charge in [-0.1, -0.05) is 24.3 Å². The molecular weight excluding hydrogens is 225 g/mol. The summed E-state index contributed by atoms with van der Waals surface area (Å²) in [6, 6.07) is 11.4. The van der Waals surface area contributed by atoms with E-state index in [-0.39, 0.29) is 11.6 Å². The number of hydrogen-bond donors (Lipinski definition) is 0. The van der Waals surface area contributed by atoms with Crippen LogP contribution in [0, 0.1) is 11.6 Å². The summed E-state index contributed by atoms with van der Waals surface area (Å²) in [5, 5.41) is 0. The third-order valence-corrected chi connectivity index (χ3v) is 2.70. The van der Waals surface area contributed by atoms with Gasteiger partial charge in [0.2, 0.25) is 0 Å². The Morgan fingerprint density at radius 3 is 1.35 bits per heavy atom. The number of alkyl halides is 1. The average molecular weight is 236 g/mol. The van der Waals surface area contributed by atoms with E-state index in [1.54, 1.807) is 24.3 Å². The molecule has 0 heterocycles. The minimum Gasteiger partial charge on any atom is -0.250 e. The molecule has 0 saturated heterocycles. The highest BCUT2D eigenvalue weighted by Crippen LogP contribution is 2.25. The van der Waals surface area contributed by atoms with Crippen LogP contribution in [-0.2, 0) is 0 Å². The highest BCUT2D eigenvalue weighted by Gasteiger charge is 2.13. The van der Waals surface area contributed by atoms with E-state index in [0.29, 0.717) is 11.1 Å². The molecule has 0 unspecified atom stereocenters. The second kappa shape index (κ2) is 5.04. The van der Waals surface area contributed by atoms with Crippen molar-refractivity contribution in [3.05, 3.63) is 71.3 Å². The van der Waals surface area contributed by atoms with Gasteiger partial charge in [0.15, 0.2) is 0 Å². The number of rotatable bonds is 3. The molecule has 2 aromatic carbocycles. The van der Waals surface area contributed by atoms with Gasteiger partial charge < -0.3 is 0 Å². The Hall–Kier alpha value is -1.77. The normalized spacial score (nSPS) is 10.8. The topological polar surface area (TPSA) is 0 Å². The minimum absolute atomic E-state index is 0.356. The van der Waals surface area contributed by atoms with Crippen molar-refractivity contribution < 1.29 is 13.2 Å². The Morgan fingerprint density at radius 2 is 1.06 bits per heavy atom. The quantitative estimate of drug-likeness (QED) is 0.753. The van der Waals surface area contributed by atoms with Gasteiger partial charge in [-0.25, -0.2) is 8.78 Å². The minimum atomic E-state index is -0.600. The monoisotopic (exact) mass is 236 g/mol. The smallest absolute Gasteiger partial charge is 0.123 e. The zero-order valence-electron chi connectivity index (χ0n) is 9.04. The summed E-state index contributed by atoms with van der Waals surface area (Å²) in [6.07, 6.45) is 0. The number of hydrogen-bond acceptors (Lipinski definition) is 0. The van der Waals surface area contributed by atoms with Crippen molar-refractivity contribution in [2.45, 2.75) is 5.92 Å². The Balaban J connectivity index is 2.33. The number of benzene rings is 2. The summed E-state index contributed by atoms with van der Waals surface area (Å²) in [5.74, 6) is -1.19. The molecule has 0 atom stereocenters. The third kappa shape index (κ3) is 2.67. The predicted octanol–water partition coefficient (Wildman–Crippen LogP) is 4.07. The van der Waals surface area contributed by atoms with Crippen molar-refractivity contribution in [3.8, 4) is 0 Å². The lowest BCUT2D eigenvalue weighted by molar-refractivity contribution is 0.460. The summed E-state index contributed by atoms with van der Waals surface area (Å²) in [5.41, 5.74) is 1.36. The van der Waals surface area contributed by atoms with Gasteiger partial charge in [-0.3, -0.25) is 4.39 Å². The van der Waals surface area contributed by atoms with Crippen molar-refractivity contribution in [3.63, 3.8) is 0 Å². The highest BCUT2D eigenvalue weighted by molar-refractivity contribution is 5.32. The van der Waals surface area contributed by atoms with Gasteiger partial charge in [0.05, 0.1) is 0 Å². The predicted molar refractivity (Wildman–Crippen MR) is 60.6 cm³/mol. The Bertz CT molecular complexity index is 428. The fourth-order valence-corrected chi connectivity index (χ4v) is 1.76. The summed E-state index contributed by atoms with van der Waals surface area (Å²) in [4.78, 5) is 0. The first kappa shape index (κ1) is 11.7. The van der Waals surface area contributed by atoms with Crippen LogP contribution in [0.15, 0.2) is 48.5 Å². The summed E-state index contributed by atoms with van der Waals surface area (Å²) in [7, 11) is 0. The van der Waals surface area contributed by atoms with Crippen molar-refractivity contribution in [1.29, 1.82) is 0 Å². The van der Waals surface area contributed by atoms with Gasteiger partial charge in [0, 0.05) is 5.92 Å². The van der Waals surface area contributed by atoms with E-state index in [1.807, 2.05) is 0 Å². The van der Waals surface area contributed by atoms with Crippen LogP contribution in [0.1, 0.15) is 17.0 Å². The molecule has 0 spiro atoms. The molecule has 0 saturated carbocycles. The maximum atomic E-state index is 13.0. The fraction of sp³-hybridized carbons (Fsp3) is 0.143. The van der Waals surface area contributed by atoms with Crippen LogP contribution in [0.25, 0.3) is 0 Å². The molecule has 0 aliphatic heterocycles. The average Bonchev–Trinajstić information content (AvgIpc) is 2.35. The molecule has 0 radical (unpaired) electrons. The molecule has 0 fully saturated rings. The van der Waals surface area contributed by atoms with Crippen molar-refractivity contribution in [2.75, 3.05) is 6.67 Å². The van der Waals surface area contributed by atoms with E-state index in [1.165, 1.54) is 24.3 Å². The van der Waals surface area contributed by atoms with Crippen LogP contribution in [-0.4, -0.2) is 6.67 Å². The molecule has 0 aromatic heterocycles. The van der Waals surface area contributed by atoms with E-state index >= 15 is 0 Å². The summed E-state index contributed by atoms with van der Waals surface area (Å²) >= 11 is 0. The van der Waals surface area contributed by atoms with Crippen LogP contribution in [0.2, 0.25) is 0 Å². The van der Waals surface area contributed by atoms with E-state index in [9.17, 15) is 13.2 Å². The van der Waals surface area contributed by atoms with Crippen LogP contribution in [0.4, 0.5) is 13.2 Å². The highest BCUT2D eigenvalue weighted by atomic mass is 19.1. The van der Waals surface area contributed by atoms with Crippen molar-refractivity contribution >= 4 is 0 Å². The van der Waals surface area contributed by atoms with Gasteiger partial charge in [-0.05, 0) is 35.4 Å². The SMILES string of the molecule is FCC(c1ccc(F)cc1)c1ccc(F)cc1. The van der Waals surface area contributed by atoms with E-state index in [0.717, 1.165) is 0 Å². The molecule has 17 heavy (non-hydrogen) atoms. The van der Waals surface area contributed by atoms with Crippen LogP contribution in [0.3, 0.4) is 0 Å². The third-order valence-electron chi connectivity index (χ3n) is 2.70. The molecule has 0 amide bonds. The first-order valence-corrected chi connectivity index (χ1v) is 5.27. The first-order chi connectivity index (χ1) is 8.20. The Labute approximate surface area is 97.7 Å². The maximum Gasteiger partial charge on any atom is 0.123 e. The van der Waals surface area contributed by atoms with Crippen LogP contribution >= 0.6 is 0 Å². The van der Waals surface area contributed by atoms with Crippen LogP contribution < -0.4 is 0 Å². The van der Waals surface area contributed by atoms with E-state index in [4.69, 9.17) is 0 Å².